The summed E-state index contributed by atoms with van der Waals surface area (Å²) in [5, 5.41) is 20.8. The highest BCUT2D eigenvalue weighted by atomic mass is 19.1. The highest BCUT2D eigenvalue weighted by molar-refractivity contribution is 6.62. The lowest BCUT2D eigenvalue weighted by Gasteiger charge is -2.19. The van der Waals surface area contributed by atoms with E-state index in [4.69, 9.17) is 9.86 Å². The standard InChI is InChI=1S/C10H11BFNO3/c1-10(2)7-3-6(5-13-15)9(12)4-8(7)11(14)16-10/h3-5,14-15H,1-2H3/b13-5-. The maximum absolute atomic E-state index is 13.5. The molecule has 2 rings (SSSR count). The topological polar surface area (TPSA) is 62.0 Å². The summed E-state index contributed by atoms with van der Waals surface area (Å²) in [6.45, 7) is 3.56. The van der Waals surface area contributed by atoms with E-state index in [2.05, 4.69) is 5.16 Å². The molecule has 0 bridgehead atoms. The van der Waals surface area contributed by atoms with Crippen molar-refractivity contribution in [3.8, 4) is 0 Å². The molecule has 0 fully saturated rings. The number of hydrogen-bond acceptors (Lipinski definition) is 4. The minimum Gasteiger partial charge on any atom is -0.423 e. The van der Waals surface area contributed by atoms with Crippen LogP contribution in [0.5, 0.6) is 0 Å². The fourth-order valence-corrected chi connectivity index (χ4v) is 1.90. The Hall–Kier alpha value is -1.40. The van der Waals surface area contributed by atoms with Crippen LogP contribution in [-0.2, 0) is 10.3 Å². The van der Waals surface area contributed by atoms with E-state index < -0.39 is 18.5 Å². The predicted molar refractivity (Wildman–Crippen MR) is 57.5 cm³/mol. The van der Waals surface area contributed by atoms with Crippen molar-refractivity contribution < 1.29 is 19.3 Å². The molecule has 0 saturated heterocycles. The van der Waals surface area contributed by atoms with Crippen LogP contribution in [-0.4, -0.2) is 23.6 Å². The summed E-state index contributed by atoms with van der Waals surface area (Å²) < 4.78 is 18.8. The van der Waals surface area contributed by atoms with Gasteiger partial charge in [-0.3, -0.25) is 0 Å². The lowest BCUT2D eigenvalue weighted by Crippen LogP contribution is -2.29. The van der Waals surface area contributed by atoms with Gasteiger partial charge in [-0.25, -0.2) is 4.39 Å². The molecule has 16 heavy (non-hydrogen) atoms. The second-order valence-electron chi connectivity index (χ2n) is 4.19. The van der Waals surface area contributed by atoms with Crippen molar-refractivity contribution in [2.24, 2.45) is 5.16 Å². The molecular weight excluding hydrogens is 212 g/mol. The number of oxime groups is 1. The van der Waals surface area contributed by atoms with E-state index in [1.165, 1.54) is 12.1 Å². The largest absolute Gasteiger partial charge is 0.492 e. The van der Waals surface area contributed by atoms with Crippen molar-refractivity contribution in [3.63, 3.8) is 0 Å². The van der Waals surface area contributed by atoms with Gasteiger partial charge in [0.1, 0.15) is 5.82 Å². The van der Waals surface area contributed by atoms with Crippen LogP contribution in [0, 0.1) is 5.82 Å². The molecule has 1 aromatic rings. The number of nitrogens with zero attached hydrogens (tertiary/aromatic N) is 1. The molecule has 6 heteroatoms. The van der Waals surface area contributed by atoms with Crippen LogP contribution < -0.4 is 5.46 Å². The molecular formula is C10H11BFNO3. The summed E-state index contributed by atoms with van der Waals surface area (Å²) in [5.41, 5.74) is 0.585. The number of fused-ring (bicyclic) bond motifs is 1. The molecule has 1 aliphatic heterocycles. The van der Waals surface area contributed by atoms with Gasteiger partial charge in [0.2, 0.25) is 0 Å². The molecule has 1 heterocycles. The summed E-state index contributed by atoms with van der Waals surface area (Å²) >= 11 is 0. The lowest BCUT2D eigenvalue weighted by atomic mass is 9.77. The third-order valence-electron chi connectivity index (χ3n) is 2.69. The Kier molecular flexibility index (Phi) is 2.48. The zero-order valence-electron chi connectivity index (χ0n) is 8.94. The van der Waals surface area contributed by atoms with E-state index >= 15 is 0 Å². The lowest BCUT2D eigenvalue weighted by molar-refractivity contribution is 0.101. The molecule has 1 aromatic carbocycles. The minimum absolute atomic E-state index is 0.159. The van der Waals surface area contributed by atoms with Gasteiger partial charge in [-0.1, -0.05) is 5.16 Å². The molecule has 4 nitrogen and oxygen atoms in total. The second-order valence-corrected chi connectivity index (χ2v) is 4.19. The smallest absolute Gasteiger partial charge is 0.423 e. The van der Waals surface area contributed by atoms with Gasteiger partial charge in [0, 0.05) is 5.56 Å². The van der Waals surface area contributed by atoms with Crippen LogP contribution in [0.15, 0.2) is 17.3 Å². The van der Waals surface area contributed by atoms with Crippen LogP contribution in [0.4, 0.5) is 4.39 Å². The van der Waals surface area contributed by atoms with Gasteiger partial charge in [-0.2, -0.15) is 0 Å². The van der Waals surface area contributed by atoms with Gasteiger partial charge in [0.15, 0.2) is 0 Å². The number of rotatable bonds is 1. The molecule has 0 amide bonds. The Morgan fingerprint density at radius 3 is 2.81 bits per heavy atom. The SMILES string of the molecule is CC1(C)OB(O)c2cc(F)c(/C=N\O)cc21. The zero-order chi connectivity index (χ0) is 11.9. The fraction of sp³-hybridized carbons (Fsp3) is 0.300. The third kappa shape index (κ3) is 1.60. The molecule has 1 aliphatic rings. The van der Waals surface area contributed by atoms with E-state index in [0.29, 0.717) is 11.0 Å². The highest BCUT2D eigenvalue weighted by Crippen LogP contribution is 2.30. The summed E-state index contributed by atoms with van der Waals surface area (Å²) in [6.07, 6.45) is 1.01. The molecule has 0 unspecified atom stereocenters. The fourth-order valence-electron chi connectivity index (χ4n) is 1.90. The monoisotopic (exact) mass is 223 g/mol. The highest BCUT2D eigenvalue weighted by Gasteiger charge is 2.41. The van der Waals surface area contributed by atoms with E-state index in [1.54, 1.807) is 13.8 Å². The van der Waals surface area contributed by atoms with Gasteiger partial charge in [0.25, 0.3) is 0 Å². The minimum atomic E-state index is -1.11. The van der Waals surface area contributed by atoms with Crippen molar-refractivity contribution in [3.05, 3.63) is 29.1 Å². The zero-order valence-corrected chi connectivity index (χ0v) is 8.94. The summed E-state index contributed by atoms with van der Waals surface area (Å²) in [5.74, 6) is -0.558. The molecule has 0 atom stereocenters. The molecule has 84 valence electrons. The van der Waals surface area contributed by atoms with Crippen LogP contribution >= 0.6 is 0 Å². The Balaban J connectivity index is 2.61. The van der Waals surface area contributed by atoms with E-state index in [-0.39, 0.29) is 5.56 Å². The van der Waals surface area contributed by atoms with Gasteiger partial charge in [-0.05, 0) is 37.0 Å². The van der Waals surface area contributed by atoms with E-state index in [0.717, 1.165) is 6.21 Å². The first-order valence-electron chi connectivity index (χ1n) is 4.83. The van der Waals surface area contributed by atoms with Crippen LogP contribution in [0.3, 0.4) is 0 Å². The Morgan fingerprint density at radius 2 is 2.19 bits per heavy atom. The van der Waals surface area contributed by atoms with Crippen LogP contribution in [0.1, 0.15) is 25.0 Å². The van der Waals surface area contributed by atoms with Gasteiger partial charge in [0.05, 0.1) is 11.8 Å². The molecule has 0 aromatic heterocycles. The first-order chi connectivity index (χ1) is 7.45. The normalized spacial score (nSPS) is 18.1. The third-order valence-corrected chi connectivity index (χ3v) is 2.69. The maximum Gasteiger partial charge on any atom is 0.492 e. The van der Waals surface area contributed by atoms with E-state index in [1.807, 2.05) is 0 Å². The summed E-state index contributed by atoms with van der Waals surface area (Å²) in [7, 11) is -1.11. The number of benzene rings is 1. The van der Waals surface area contributed by atoms with Crippen molar-refractivity contribution in [1.82, 2.24) is 0 Å². The van der Waals surface area contributed by atoms with Crippen LogP contribution in [0.2, 0.25) is 0 Å². The molecule has 0 saturated carbocycles. The van der Waals surface area contributed by atoms with Crippen molar-refractivity contribution in [1.29, 1.82) is 0 Å². The van der Waals surface area contributed by atoms with Crippen LogP contribution in [0.25, 0.3) is 0 Å². The molecule has 0 radical (unpaired) electrons. The first-order valence-corrected chi connectivity index (χ1v) is 4.83. The van der Waals surface area contributed by atoms with Crippen molar-refractivity contribution >= 4 is 18.8 Å². The average molecular weight is 223 g/mol. The second kappa shape index (κ2) is 3.57. The number of halogens is 1. The van der Waals surface area contributed by atoms with Gasteiger partial charge < -0.3 is 14.9 Å². The number of hydrogen-bond donors (Lipinski definition) is 2. The maximum atomic E-state index is 13.5. The molecule has 2 N–H and O–H groups in total. The van der Waals surface area contributed by atoms with Crippen molar-refractivity contribution in [2.75, 3.05) is 0 Å². The van der Waals surface area contributed by atoms with Crippen molar-refractivity contribution in [2.45, 2.75) is 19.4 Å². The first kappa shape index (κ1) is 11.1. The Labute approximate surface area is 92.5 Å². The Bertz CT molecular complexity index is 462. The Morgan fingerprint density at radius 1 is 1.50 bits per heavy atom. The van der Waals surface area contributed by atoms with E-state index in [9.17, 15) is 9.41 Å². The quantitative estimate of drug-likeness (QED) is 0.317. The molecule has 0 aliphatic carbocycles. The predicted octanol–water partition coefficient (Wildman–Crippen LogP) is 0.587. The van der Waals surface area contributed by atoms with Gasteiger partial charge in [-0.15, -0.1) is 0 Å². The summed E-state index contributed by atoms with van der Waals surface area (Å²) in [6, 6.07) is 2.71. The summed E-state index contributed by atoms with van der Waals surface area (Å²) in [4.78, 5) is 0. The molecule has 0 spiro atoms. The van der Waals surface area contributed by atoms with Gasteiger partial charge >= 0.3 is 7.12 Å². The average Bonchev–Trinajstić information content (AvgIpc) is 2.39.